The van der Waals surface area contributed by atoms with Crippen molar-refractivity contribution in [1.82, 2.24) is 0 Å². The molecule has 0 saturated heterocycles. The molecule has 0 bridgehead atoms. The lowest BCUT2D eigenvalue weighted by Crippen LogP contribution is -2.39. The van der Waals surface area contributed by atoms with Crippen LogP contribution in [0.5, 0.6) is 5.75 Å². The number of carbonyl (C=O) groups excluding carboxylic acids is 2. The van der Waals surface area contributed by atoms with E-state index < -0.39 is 17.8 Å². The van der Waals surface area contributed by atoms with Crippen LogP contribution in [0.3, 0.4) is 0 Å². The second-order valence-corrected chi connectivity index (χ2v) is 7.18. The summed E-state index contributed by atoms with van der Waals surface area (Å²) in [5, 5.41) is 0. The first kappa shape index (κ1) is 20.7. The van der Waals surface area contributed by atoms with Gasteiger partial charge in [0.2, 0.25) is 0 Å². The fraction of sp³-hybridized carbons (Fsp3) is 0.474. The normalized spacial score (nSPS) is 14.8. The molecule has 1 aromatic carbocycles. The average molecular weight is 381 g/mol. The number of methoxy groups -OCH3 is 2. The molecule has 7 nitrogen and oxygen atoms in total. The minimum atomic E-state index is -0.760. The van der Waals surface area contributed by atoms with E-state index in [0.717, 1.165) is 0 Å². The van der Waals surface area contributed by atoms with E-state index in [9.17, 15) is 14.0 Å². The third-order valence-corrected chi connectivity index (χ3v) is 3.71. The topological polar surface area (TPSA) is 74.3 Å². The van der Waals surface area contributed by atoms with Crippen molar-refractivity contribution in [2.75, 3.05) is 39.1 Å². The quantitative estimate of drug-likeness (QED) is 0.726. The zero-order valence-corrected chi connectivity index (χ0v) is 16.1. The number of benzene rings is 1. The van der Waals surface area contributed by atoms with Crippen molar-refractivity contribution in [2.45, 2.75) is 20.8 Å². The van der Waals surface area contributed by atoms with Gasteiger partial charge in [-0.1, -0.05) is 20.8 Å². The standard InChI is InChI=1S/C19H24FNO6/c1-19(2,3)10-27-15-7-6-12(20)8-14(15)21-11-26-9-13(17(22)24-4)16(21)18(23)25-5/h6-8H,9-11H2,1-5H3. The number of esters is 2. The molecule has 1 heterocycles. The predicted octanol–water partition coefficient (Wildman–Crippen LogP) is 2.64. The second kappa shape index (κ2) is 8.39. The van der Waals surface area contributed by atoms with Crippen molar-refractivity contribution in [2.24, 2.45) is 5.41 Å². The Morgan fingerprint density at radius 2 is 1.85 bits per heavy atom. The lowest BCUT2D eigenvalue weighted by Gasteiger charge is -2.32. The lowest BCUT2D eigenvalue weighted by molar-refractivity contribution is -0.140. The van der Waals surface area contributed by atoms with Gasteiger partial charge in [-0.25, -0.2) is 14.0 Å². The first-order valence-corrected chi connectivity index (χ1v) is 8.35. The van der Waals surface area contributed by atoms with Gasteiger partial charge in [-0.15, -0.1) is 0 Å². The number of halogens is 1. The van der Waals surface area contributed by atoms with Gasteiger partial charge in [-0.05, 0) is 17.5 Å². The molecular weight excluding hydrogens is 357 g/mol. The molecule has 27 heavy (non-hydrogen) atoms. The maximum absolute atomic E-state index is 14.0. The fourth-order valence-electron chi connectivity index (χ4n) is 2.45. The van der Waals surface area contributed by atoms with Gasteiger partial charge in [0, 0.05) is 6.07 Å². The summed E-state index contributed by atoms with van der Waals surface area (Å²) < 4.78 is 34.8. The molecule has 0 radical (unpaired) electrons. The Kier molecular flexibility index (Phi) is 6.43. The van der Waals surface area contributed by atoms with Crippen molar-refractivity contribution < 1.29 is 32.9 Å². The molecule has 8 heteroatoms. The highest BCUT2D eigenvalue weighted by Crippen LogP contribution is 2.35. The van der Waals surface area contributed by atoms with Crippen LogP contribution in [-0.4, -0.2) is 46.1 Å². The Morgan fingerprint density at radius 1 is 1.19 bits per heavy atom. The molecule has 0 spiro atoms. The average Bonchev–Trinajstić information content (AvgIpc) is 2.64. The molecule has 0 aromatic heterocycles. The van der Waals surface area contributed by atoms with E-state index in [2.05, 4.69) is 0 Å². The van der Waals surface area contributed by atoms with E-state index in [1.54, 1.807) is 0 Å². The second-order valence-electron chi connectivity index (χ2n) is 7.18. The summed E-state index contributed by atoms with van der Waals surface area (Å²) in [6, 6.07) is 3.94. The number of rotatable bonds is 5. The summed E-state index contributed by atoms with van der Waals surface area (Å²) in [6.07, 6.45) is 0. The van der Waals surface area contributed by atoms with Gasteiger partial charge < -0.3 is 23.8 Å². The zero-order chi connectivity index (χ0) is 20.2. The van der Waals surface area contributed by atoms with Gasteiger partial charge in [0.1, 0.15) is 24.0 Å². The molecule has 0 N–H and O–H groups in total. The highest BCUT2D eigenvalue weighted by atomic mass is 19.1. The molecule has 148 valence electrons. The molecule has 1 aromatic rings. The molecule has 1 aliphatic rings. The van der Waals surface area contributed by atoms with E-state index in [4.69, 9.17) is 18.9 Å². The Hall–Kier alpha value is -2.61. The molecule has 1 aliphatic heterocycles. The van der Waals surface area contributed by atoms with Crippen LogP contribution in [0, 0.1) is 11.2 Å². The van der Waals surface area contributed by atoms with Crippen molar-refractivity contribution in [3.05, 3.63) is 35.3 Å². The highest BCUT2D eigenvalue weighted by molar-refractivity contribution is 6.03. The minimum Gasteiger partial charge on any atom is -0.491 e. The van der Waals surface area contributed by atoms with E-state index in [1.165, 1.54) is 37.3 Å². The van der Waals surface area contributed by atoms with Crippen LogP contribution in [0.1, 0.15) is 20.8 Å². The van der Waals surface area contributed by atoms with Crippen LogP contribution < -0.4 is 9.64 Å². The molecule has 2 rings (SSSR count). The molecule has 0 amide bonds. The number of hydrogen-bond donors (Lipinski definition) is 0. The summed E-state index contributed by atoms with van der Waals surface area (Å²) in [7, 11) is 2.39. The Morgan fingerprint density at radius 3 is 2.44 bits per heavy atom. The monoisotopic (exact) mass is 381 g/mol. The Bertz CT molecular complexity index is 753. The summed E-state index contributed by atoms with van der Waals surface area (Å²) in [6.45, 7) is 6.14. The van der Waals surface area contributed by atoms with Crippen LogP contribution in [0.4, 0.5) is 10.1 Å². The molecule has 0 unspecified atom stereocenters. The molecule has 0 aliphatic carbocycles. The maximum atomic E-state index is 14.0. The predicted molar refractivity (Wildman–Crippen MR) is 95.7 cm³/mol. The molecule has 0 atom stereocenters. The summed E-state index contributed by atoms with van der Waals surface area (Å²) >= 11 is 0. The third kappa shape index (κ3) is 4.97. The minimum absolute atomic E-state index is 0.0124. The van der Waals surface area contributed by atoms with Crippen LogP contribution in [0.15, 0.2) is 29.5 Å². The number of ether oxygens (including phenoxy) is 4. The summed E-state index contributed by atoms with van der Waals surface area (Å²) in [4.78, 5) is 25.8. The lowest BCUT2D eigenvalue weighted by atomic mass is 9.99. The summed E-state index contributed by atoms with van der Waals surface area (Å²) in [5.74, 6) is -1.66. The number of nitrogens with zero attached hydrogens (tertiary/aromatic N) is 1. The zero-order valence-electron chi connectivity index (χ0n) is 16.1. The van der Waals surface area contributed by atoms with Crippen molar-refractivity contribution in [3.63, 3.8) is 0 Å². The Labute approximate surface area is 157 Å². The van der Waals surface area contributed by atoms with Gasteiger partial charge in [0.25, 0.3) is 0 Å². The fourth-order valence-corrected chi connectivity index (χ4v) is 2.45. The van der Waals surface area contributed by atoms with Gasteiger partial charge in [-0.3, -0.25) is 0 Å². The van der Waals surface area contributed by atoms with Crippen molar-refractivity contribution in [3.8, 4) is 5.75 Å². The van der Waals surface area contributed by atoms with E-state index in [1.807, 2.05) is 20.8 Å². The molecule has 0 saturated carbocycles. The van der Waals surface area contributed by atoms with Crippen molar-refractivity contribution >= 4 is 17.6 Å². The smallest absolute Gasteiger partial charge is 0.355 e. The number of anilines is 1. The third-order valence-electron chi connectivity index (χ3n) is 3.71. The van der Waals surface area contributed by atoms with Crippen LogP contribution in [0.25, 0.3) is 0 Å². The van der Waals surface area contributed by atoms with E-state index in [-0.39, 0.29) is 35.7 Å². The van der Waals surface area contributed by atoms with Gasteiger partial charge in [-0.2, -0.15) is 0 Å². The summed E-state index contributed by atoms with van der Waals surface area (Å²) in [5.41, 5.74) is 0.0339. The molecule has 0 fully saturated rings. The maximum Gasteiger partial charge on any atom is 0.355 e. The van der Waals surface area contributed by atoms with Crippen LogP contribution in [0.2, 0.25) is 0 Å². The van der Waals surface area contributed by atoms with Crippen molar-refractivity contribution in [1.29, 1.82) is 0 Å². The van der Waals surface area contributed by atoms with E-state index in [0.29, 0.717) is 12.4 Å². The first-order chi connectivity index (χ1) is 12.7. The van der Waals surface area contributed by atoms with Crippen LogP contribution >= 0.6 is 0 Å². The number of carbonyl (C=O) groups is 2. The van der Waals surface area contributed by atoms with E-state index >= 15 is 0 Å². The molecular formula is C19H24FNO6. The largest absolute Gasteiger partial charge is 0.491 e. The van der Waals surface area contributed by atoms with Crippen LogP contribution in [-0.2, 0) is 23.8 Å². The first-order valence-electron chi connectivity index (χ1n) is 8.35. The SMILES string of the molecule is COC(=O)C1=C(C(=O)OC)N(c2cc(F)ccc2OCC(C)(C)C)COC1. The Balaban J connectivity index is 2.55. The number of hydrogen-bond acceptors (Lipinski definition) is 7. The van der Waals surface area contributed by atoms with Gasteiger partial charge in [0.05, 0.1) is 38.7 Å². The highest BCUT2D eigenvalue weighted by Gasteiger charge is 2.34. The van der Waals surface area contributed by atoms with Gasteiger partial charge >= 0.3 is 11.9 Å². The van der Waals surface area contributed by atoms with Gasteiger partial charge in [0.15, 0.2) is 0 Å².